The van der Waals surface area contributed by atoms with Crippen molar-refractivity contribution in [2.45, 2.75) is 41.0 Å². The molecule has 148 valence electrons. The molecule has 0 bridgehead atoms. The zero-order valence-electron chi connectivity index (χ0n) is 18.2. The summed E-state index contributed by atoms with van der Waals surface area (Å²) in [5, 5.41) is 0. The highest BCUT2D eigenvalue weighted by molar-refractivity contribution is 9.11. The van der Waals surface area contributed by atoms with Crippen molar-refractivity contribution < 1.29 is 0 Å². The Morgan fingerprint density at radius 2 is 1.72 bits per heavy atom. The van der Waals surface area contributed by atoms with Crippen LogP contribution in [0.4, 0.5) is 0 Å². The summed E-state index contributed by atoms with van der Waals surface area (Å²) >= 11 is 4.01. The smallest absolute Gasteiger partial charge is 0.0541 e. The highest BCUT2D eigenvalue weighted by atomic mass is 79.9. The molecule has 4 aliphatic rings. The maximum Gasteiger partial charge on any atom is 0.0541 e. The summed E-state index contributed by atoms with van der Waals surface area (Å²) in [7, 11) is 2.20. The van der Waals surface area contributed by atoms with Gasteiger partial charge in [0.25, 0.3) is 0 Å². The molecule has 5 rings (SSSR count). The second-order valence-corrected chi connectivity index (χ2v) is 10.2. The Labute approximate surface area is 183 Å². The van der Waals surface area contributed by atoms with E-state index in [9.17, 15) is 0 Å². The van der Waals surface area contributed by atoms with Crippen molar-refractivity contribution in [3.05, 3.63) is 96.9 Å². The number of benzene rings is 1. The minimum absolute atomic E-state index is 0.0114. The van der Waals surface area contributed by atoms with Gasteiger partial charge in [-0.1, -0.05) is 71.8 Å². The largest absolute Gasteiger partial charge is 0.351 e. The van der Waals surface area contributed by atoms with E-state index in [1.807, 2.05) is 0 Å². The maximum atomic E-state index is 4.01. The number of nitrogens with zero attached hydrogens (tertiary/aromatic N) is 1. The SMILES string of the molecule is CC1=CC2=C(Br)C3C(=CC2=C1C(C)(C)C1=Cc2ccccc2C1)N(C)C(C)=C3C. The van der Waals surface area contributed by atoms with Gasteiger partial charge in [0.2, 0.25) is 0 Å². The molecule has 0 spiro atoms. The lowest BCUT2D eigenvalue weighted by Gasteiger charge is -2.32. The van der Waals surface area contributed by atoms with Crippen LogP contribution in [0.25, 0.3) is 6.08 Å². The second kappa shape index (κ2) is 6.22. The third-order valence-electron chi connectivity index (χ3n) is 7.50. The van der Waals surface area contributed by atoms with Gasteiger partial charge < -0.3 is 4.90 Å². The molecular formula is C27H28BrN. The fourth-order valence-electron chi connectivity index (χ4n) is 5.62. The highest BCUT2D eigenvalue weighted by Crippen LogP contribution is 2.55. The van der Waals surface area contributed by atoms with Gasteiger partial charge in [-0.3, -0.25) is 0 Å². The standard InChI is InChI=1S/C27H28BrN/c1-15-11-22-21(14-23-24(26(22)28)16(2)17(3)29(23)6)25(15)27(4,5)20-12-18-9-7-8-10-19(18)13-20/h7-12,14,24H,13H2,1-6H3. The zero-order valence-corrected chi connectivity index (χ0v) is 19.7. The van der Waals surface area contributed by atoms with E-state index in [-0.39, 0.29) is 5.41 Å². The third-order valence-corrected chi connectivity index (χ3v) is 8.39. The van der Waals surface area contributed by atoms with Crippen LogP contribution >= 0.6 is 15.9 Å². The Bertz CT molecular complexity index is 1150. The third kappa shape index (κ3) is 2.51. The lowest BCUT2D eigenvalue weighted by Crippen LogP contribution is -2.22. The molecule has 1 aromatic rings. The van der Waals surface area contributed by atoms with Gasteiger partial charge in [-0.05, 0) is 72.3 Å². The first kappa shape index (κ1) is 18.9. The molecule has 1 nitrogen and oxygen atoms in total. The van der Waals surface area contributed by atoms with E-state index in [1.165, 1.54) is 60.4 Å². The molecule has 29 heavy (non-hydrogen) atoms. The summed E-state index contributed by atoms with van der Waals surface area (Å²) in [6, 6.07) is 8.81. The molecule has 1 aromatic carbocycles. The first-order valence-electron chi connectivity index (χ1n) is 10.5. The van der Waals surface area contributed by atoms with Gasteiger partial charge in [0.1, 0.15) is 0 Å². The summed E-state index contributed by atoms with van der Waals surface area (Å²) in [5.74, 6) is 0.361. The predicted octanol–water partition coefficient (Wildman–Crippen LogP) is 7.31. The van der Waals surface area contributed by atoms with E-state index in [2.05, 4.69) is 105 Å². The van der Waals surface area contributed by atoms with Crippen LogP contribution in [0.2, 0.25) is 0 Å². The minimum Gasteiger partial charge on any atom is -0.351 e. The van der Waals surface area contributed by atoms with Gasteiger partial charge in [0.05, 0.1) is 5.92 Å². The van der Waals surface area contributed by atoms with Crippen LogP contribution in [0.15, 0.2) is 85.7 Å². The van der Waals surface area contributed by atoms with Gasteiger partial charge in [-0.15, -0.1) is 0 Å². The van der Waals surface area contributed by atoms with Crippen LogP contribution in [-0.4, -0.2) is 11.9 Å². The summed E-state index contributed by atoms with van der Waals surface area (Å²) in [6.07, 6.45) is 8.32. The molecular weight excluding hydrogens is 418 g/mol. The first-order chi connectivity index (χ1) is 13.7. The fraction of sp³-hybridized carbons (Fsp3) is 0.333. The normalized spacial score (nSPS) is 23.3. The van der Waals surface area contributed by atoms with Gasteiger partial charge in [-0.25, -0.2) is 0 Å². The van der Waals surface area contributed by atoms with Crippen molar-refractivity contribution in [2.24, 2.45) is 11.3 Å². The molecule has 3 aliphatic carbocycles. The number of halogens is 1. The van der Waals surface area contributed by atoms with Crippen molar-refractivity contribution in [3.63, 3.8) is 0 Å². The van der Waals surface area contributed by atoms with E-state index < -0.39 is 0 Å². The van der Waals surface area contributed by atoms with E-state index >= 15 is 0 Å². The molecule has 1 aliphatic heterocycles. The van der Waals surface area contributed by atoms with E-state index in [0.717, 1.165) is 6.42 Å². The molecule has 1 atom stereocenters. The Balaban J connectivity index is 1.65. The van der Waals surface area contributed by atoms with E-state index in [4.69, 9.17) is 0 Å². The molecule has 0 aromatic heterocycles. The summed E-state index contributed by atoms with van der Waals surface area (Å²) in [5.41, 5.74) is 14.2. The molecule has 0 saturated carbocycles. The van der Waals surface area contributed by atoms with Crippen molar-refractivity contribution in [1.82, 2.24) is 4.90 Å². The second-order valence-electron chi connectivity index (χ2n) is 9.38. The Kier molecular flexibility index (Phi) is 4.06. The van der Waals surface area contributed by atoms with Crippen LogP contribution in [-0.2, 0) is 6.42 Å². The quantitative estimate of drug-likeness (QED) is 0.460. The van der Waals surface area contributed by atoms with Crippen LogP contribution in [0.1, 0.15) is 45.7 Å². The molecule has 1 unspecified atom stereocenters. The molecule has 1 heterocycles. The Morgan fingerprint density at radius 1 is 1.00 bits per heavy atom. The molecule has 0 radical (unpaired) electrons. The average molecular weight is 446 g/mol. The van der Waals surface area contributed by atoms with Crippen LogP contribution < -0.4 is 0 Å². The zero-order chi connectivity index (χ0) is 20.7. The Hall–Kier alpha value is -2.06. The van der Waals surface area contributed by atoms with Crippen molar-refractivity contribution >= 4 is 22.0 Å². The number of hydrogen-bond donors (Lipinski definition) is 0. The molecule has 0 saturated heterocycles. The summed E-state index contributed by atoms with van der Waals surface area (Å²) in [6.45, 7) is 11.6. The molecule has 0 fully saturated rings. The van der Waals surface area contributed by atoms with Crippen molar-refractivity contribution in [3.8, 4) is 0 Å². The summed E-state index contributed by atoms with van der Waals surface area (Å²) < 4.78 is 1.32. The average Bonchev–Trinajstić information content (AvgIpc) is 3.32. The monoisotopic (exact) mass is 445 g/mol. The molecule has 0 amide bonds. The number of fused-ring (bicyclic) bond motifs is 3. The van der Waals surface area contributed by atoms with Gasteiger partial charge >= 0.3 is 0 Å². The van der Waals surface area contributed by atoms with Gasteiger partial charge in [0, 0.05) is 28.3 Å². The minimum atomic E-state index is -0.0114. The number of rotatable bonds is 2. The van der Waals surface area contributed by atoms with Crippen molar-refractivity contribution in [1.29, 1.82) is 0 Å². The fourth-order valence-corrected chi connectivity index (χ4v) is 6.52. The van der Waals surface area contributed by atoms with Crippen LogP contribution in [0, 0.1) is 11.3 Å². The topological polar surface area (TPSA) is 3.24 Å². The predicted molar refractivity (Wildman–Crippen MR) is 126 cm³/mol. The van der Waals surface area contributed by atoms with Gasteiger partial charge in [0.15, 0.2) is 0 Å². The molecule has 0 N–H and O–H groups in total. The number of hydrogen-bond acceptors (Lipinski definition) is 1. The van der Waals surface area contributed by atoms with Crippen LogP contribution in [0.3, 0.4) is 0 Å². The Morgan fingerprint density at radius 3 is 2.45 bits per heavy atom. The lowest BCUT2D eigenvalue weighted by atomic mass is 9.72. The molecule has 2 heteroatoms. The highest BCUT2D eigenvalue weighted by Gasteiger charge is 2.41. The van der Waals surface area contributed by atoms with E-state index in [0.29, 0.717) is 5.92 Å². The summed E-state index contributed by atoms with van der Waals surface area (Å²) in [4.78, 5) is 2.37. The lowest BCUT2D eigenvalue weighted by molar-refractivity contribution is 0.517. The van der Waals surface area contributed by atoms with E-state index in [1.54, 1.807) is 0 Å². The maximum absolute atomic E-state index is 4.01. The van der Waals surface area contributed by atoms with Gasteiger partial charge in [-0.2, -0.15) is 0 Å². The van der Waals surface area contributed by atoms with Crippen molar-refractivity contribution in [2.75, 3.05) is 7.05 Å². The first-order valence-corrected chi connectivity index (χ1v) is 11.3. The van der Waals surface area contributed by atoms with Crippen LogP contribution in [0.5, 0.6) is 0 Å². The number of allylic oxidation sites excluding steroid dienone is 9.